The van der Waals surface area contributed by atoms with E-state index in [1.165, 1.54) is 29.8 Å². The van der Waals surface area contributed by atoms with E-state index in [9.17, 15) is 0 Å². The summed E-state index contributed by atoms with van der Waals surface area (Å²) in [5.41, 5.74) is 5.13. The van der Waals surface area contributed by atoms with Crippen LogP contribution in [0.2, 0.25) is 0 Å². The van der Waals surface area contributed by atoms with Gasteiger partial charge in [-0.25, -0.2) is 0 Å². The zero-order valence-corrected chi connectivity index (χ0v) is 14.4. The highest BCUT2D eigenvalue weighted by Gasteiger charge is 2.24. The van der Waals surface area contributed by atoms with E-state index in [-0.39, 0.29) is 0 Å². The Kier molecular flexibility index (Phi) is 4.46. The van der Waals surface area contributed by atoms with Gasteiger partial charge in [0.05, 0.1) is 11.8 Å². The van der Waals surface area contributed by atoms with Gasteiger partial charge in [-0.2, -0.15) is 0 Å². The molecule has 2 heterocycles. The summed E-state index contributed by atoms with van der Waals surface area (Å²) in [5.74, 6) is 0. The van der Waals surface area contributed by atoms with Crippen LogP contribution in [0.1, 0.15) is 16.7 Å². The van der Waals surface area contributed by atoms with Crippen LogP contribution in [0.25, 0.3) is 0 Å². The average Bonchev–Trinajstić information content (AvgIpc) is 2.64. The average molecular weight is 319 g/mol. The minimum atomic E-state index is 0.360. The standard InChI is InChI=1S/C21H25N3/c1-23-11-13-24(14-12-23)16-19-15-18-9-5-6-10-20(18)21(22-19)17-7-3-2-4-8-17/h2-10,19H,11-16H2,1H3. The predicted molar refractivity (Wildman–Crippen MR) is 100.0 cm³/mol. The highest BCUT2D eigenvalue weighted by molar-refractivity contribution is 6.14. The smallest absolute Gasteiger partial charge is 0.0725 e. The number of fused-ring (bicyclic) bond motifs is 1. The molecule has 0 radical (unpaired) electrons. The molecule has 0 aliphatic carbocycles. The van der Waals surface area contributed by atoms with Gasteiger partial charge in [0.1, 0.15) is 0 Å². The van der Waals surface area contributed by atoms with E-state index in [1.54, 1.807) is 0 Å². The van der Waals surface area contributed by atoms with E-state index >= 15 is 0 Å². The maximum Gasteiger partial charge on any atom is 0.0725 e. The molecule has 1 saturated heterocycles. The van der Waals surface area contributed by atoms with Gasteiger partial charge in [0.15, 0.2) is 0 Å². The fourth-order valence-electron chi connectivity index (χ4n) is 3.74. The Hall–Kier alpha value is -1.97. The molecule has 124 valence electrons. The maximum atomic E-state index is 5.17. The van der Waals surface area contributed by atoms with Crippen LogP contribution < -0.4 is 0 Å². The van der Waals surface area contributed by atoms with Gasteiger partial charge in [0.2, 0.25) is 0 Å². The molecule has 0 bridgehead atoms. The molecule has 0 amide bonds. The lowest BCUT2D eigenvalue weighted by atomic mass is 9.90. The highest BCUT2D eigenvalue weighted by atomic mass is 15.2. The van der Waals surface area contributed by atoms with Crippen LogP contribution in [0.3, 0.4) is 0 Å². The highest BCUT2D eigenvalue weighted by Crippen LogP contribution is 2.24. The zero-order valence-electron chi connectivity index (χ0n) is 14.4. The Morgan fingerprint density at radius 3 is 2.42 bits per heavy atom. The van der Waals surface area contributed by atoms with Gasteiger partial charge in [0.25, 0.3) is 0 Å². The van der Waals surface area contributed by atoms with Crippen LogP contribution in [-0.4, -0.2) is 61.3 Å². The molecular formula is C21H25N3. The molecule has 2 aliphatic heterocycles. The zero-order chi connectivity index (χ0) is 16.4. The van der Waals surface area contributed by atoms with E-state index in [0.29, 0.717) is 6.04 Å². The van der Waals surface area contributed by atoms with Crippen molar-refractivity contribution in [3.05, 3.63) is 71.3 Å². The van der Waals surface area contributed by atoms with Crippen molar-refractivity contribution in [2.24, 2.45) is 4.99 Å². The van der Waals surface area contributed by atoms with Crippen LogP contribution in [0, 0.1) is 0 Å². The number of benzene rings is 2. The molecule has 1 unspecified atom stereocenters. The SMILES string of the molecule is CN1CCN(CC2Cc3ccccc3C(c3ccccc3)=N2)CC1. The second kappa shape index (κ2) is 6.88. The Morgan fingerprint density at radius 2 is 1.62 bits per heavy atom. The van der Waals surface area contributed by atoms with Crippen LogP contribution in [-0.2, 0) is 6.42 Å². The lowest BCUT2D eigenvalue weighted by Gasteiger charge is -2.35. The molecule has 2 aromatic rings. The molecule has 0 aromatic heterocycles. The molecule has 4 rings (SSSR count). The topological polar surface area (TPSA) is 18.8 Å². The quantitative estimate of drug-likeness (QED) is 0.866. The van der Waals surface area contributed by atoms with E-state index in [0.717, 1.165) is 31.8 Å². The molecule has 3 nitrogen and oxygen atoms in total. The third-order valence-corrected chi connectivity index (χ3v) is 5.15. The van der Waals surface area contributed by atoms with Crippen molar-refractivity contribution in [1.29, 1.82) is 0 Å². The Morgan fingerprint density at radius 1 is 0.917 bits per heavy atom. The van der Waals surface area contributed by atoms with Gasteiger partial charge in [-0.15, -0.1) is 0 Å². The lowest BCUT2D eigenvalue weighted by Crippen LogP contribution is -2.47. The van der Waals surface area contributed by atoms with E-state index in [1.807, 2.05) is 0 Å². The van der Waals surface area contributed by atoms with Crippen LogP contribution >= 0.6 is 0 Å². The molecule has 1 atom stereocenters. The van der Waals surface area contributed by atoms with Crippen molar-refractivity contribution in [2.75, 3.05) is 39.8 Å². The molecule has 0 spiro atoms. The largest absolute Gasteiger partial charge is 0.304 e. The molecule has 24 heavy (non-hydrogen) atoms. The Labute approximate surface area is 144 Å². The van der Waals surface area contributed by atoms with E-state index < -0.39 is 0 Å². The van der Waals surface area contributed by atoms with Gasteiger partial charge in [-0.05, 0) is 19.0 Å². The fourth-order valence-corrected chi connectivity index (χ4v) is 3.74. The molecule has 0 saturated carbocycles. The van der Waals surface area contributed by atoms with Crippen molar-refractivity contribution < 1.29 is 0 Å². The number of piperazine rings is 1. The van der Waals surface area contributed by atoms with Gasteiger partial charge in [0, 0.05) is 43.9 Å². The van der Waals surface area contributed by atoms with Crippen LogP contribution in [0.5, 0.6) is 0 Å². The summed E-state index contributed by atoms with van der Waals surface area (Å²) in [4.78, 5) is 10.2. The monoisotopic (exact) mass is 319 g/mol. The summed E-state index contributed by atoms with van der Waals surface area (Å²) in [7, 11) is 2.21. The van der Waals surface area contributed by atoms with Crippen molar-refractivity contribution in [3.63, 3.8) is 0 Å². The van der Waals surface area contributed by atoms with Crippen molar-refractivity contribution >= 4 is 5.71 Å². The number of hydrogen-bond acceptors (Lipinski definition) is 3. The first-order chi connectivity index (χ1) is 11.8. The van der Waals surface area contributed by atoms with Crippen LogP contribution in [0.4, 0.5) is 0 Å². The van der Waals surface area contributed by atoms with Gasteiger partial charge >= 0.3 is 0 Å². The second-order valence-corrected chi connectivity index (χ2v) is 6.96. The van der Waals surface area contributed by atoms with Crippen molar-refractivity contribution in [3.8, 4) is 0 Å². The number of rotatable bonds is 3. The number of likely N-dealkylation sites (N-methyl/N-ethyl adjacent to an activating group) is 1. The van der Waals surface area contributed by atoms with Crippen LogP contribution in [0.15, 0.2) is 59.6 Å². The lowest BCUT2D eigenvalue weighted by molar-refractivity contribution is 0.147. The summed E-state index contributed by atoms with van der Waals surface area (Å²) in [6, 6.07) is 19.7. The molecule has 2 aromatic carbocycles. The number of nitrogens with zero attached hydrogens (tertiary/aromatic N) is 3. The number of hydrogen-bond donors (Lipinski definition) is 0. The number of aliphatic imine (C=N–C) groups is 1. The minimum Gasteiger partial charge on any atom is -0.304 e. The first kappa shape index (κ1) is 15.6. The summed E-state index contributed by atoms with van der Waals surface area (Å²) >= 11 is 0. The minimum absolute atomic E-state index is 0.360. The first-order valence-corrected chi connectivity index (χ1v) is 8.92. The Bertz CT molecular complexity index is 715. The van der Waals surface area contributed by atoms with Gasteiger partial charge in [-0.3, -0.25) is 9.89 Å². The van der Waals surface area contributed by atoms with Crippen molar-refractivity contribution in [1.82, 2.24) is 9.80 Å². The van der Waals surface area contributed by atoms with E-state index in [4.69, 9.17) is 4.99 Å². The fraction of sp³-hybridized carbons (Fsp3) is 0.381. The van der Waals surface area contributed by atoms with Gasteiger partial charge < -0.3 is 4.90 Å². The molecular weight excluding hydrogens is 294 g/mol. The molecule has 2 aliphatic rings. The van der Waals surface area contributed by atoms with Gasteiger partial charge in [-0.1, -0.05) is 54.6 Å². The second-order valence-electron chi connectivity index (χ2n) is 6.96. The molecule has 3 heteroatoms. The maximum absolute atomic E-state index is 5.17. The molecule has 1 fully saturated rings. The Balaban J connectivity index is 1.60. The normalized spacial score (nSPS) is 22.0. The predicted octanol–water partition coefficient (Wildman–Crippen LogP) is 2.70. The van der Waals surface area contributed by atoms with Crippen molar-refractivity contribution in [2.45, 2.75) is 12.5 Å². The summed E-state index contributed by atoms with van der Waals surface area (Å²) < 4.78 is 0. The first-order valence-electron chi connectivity index (χ1n) is 8.92. The van der Waals surface area contributed by atoms with E-state index in [2.05, 4.69) is 71.4 Å². The summed E-state index contributed by atoms with van der Waals surface area (Å²) in [5, 5.41) is 0. The molecule has 0 N–H and O–H groups in total. The summed E-state index contributed by atoms with van der Waals surface area (Å²) in [6.45, 7) is 5.71. The third-order valence-electron chi connectivity index (χ3n) is 5.15. The summed E-state index contributed by atoms with van der Waals surface area (Å²) in [6.07, 6.45) is 1.05. The third kappa shape index (κ3) is 3.28.